The van der Waals surface area contributed by atoms with Gasteiger partial charge in [0.05, 0.1) is 5.56 Å². The van der Waals surface area contributed by atoms with Crippen LogP contribution in [0.1, 0.15) is 15.9 Å². The summed E-state index contributed by atoms with van der Waals surface area (Å²) in [5, 5.41) is 11.8. The van der Waals surface area contributed by atoms with Crippen molar-refractivity contribution in [2.45, 2.75) is 6.54 Å². The number of carboxylic acid groups (broad SMARTS) is 1. The molecule has 0 unspecified atom stereocenters. The Bertz CT molecular complexity index is 684. The van der Waals surface area contributed by atoms with Gasteiger partial charge in [-0.05, 0) is 35.9 Å². The van der Waals surface area contributed by atoms with Crippen molar-refractivity contribution < 1.29 is 23.1 Å². The molecule has 0 radical (unpaired) electrons. The Morgan fingerprint density at radius 1 is 1.10 bits per heavy atom. The first kappa shape index (κ1) is 15.4. The van der Waals surface area contributed by atoms with Crippen molar-refractivity contribution in [3.8, 4) is 0 Å². The van der Waals surface area contributed by atoms with Crippen molar-refractivity contribution in [2.24, 2.45) is 0 Å². The average molecular weight is 360 g/mol. The zero-order chi connectivity index (χ0) is 15.6. The maximum atomic E-state index is 13.1. The average Bonchev–Trinajstić information content (AvgIpc) is 2.41. The normalized spacial score (nSPS) is 10.5. The quantitative estimate of drug-likeness (QED) is 0.805. The lowest BCUT2D eigenvalue weighted by Gasteiger charge is -2.09. The monoisotopic (exact) mass is 359 g/mol. The highest BCUT2D eigenvalue weighted by molar-refractivity contribution is 9.10. The van der Waals surface area contributed by atoms with Crippen LogP contribution in [-0.4, -0.2) is 11.1 Å². The van der Waals surface area contributed by atoms with E-state index in [1.54, 1.807) is 6.07 Å². The second-order valence-electron chi connectivity index (χ2n) is 4.26. The minimum Gasteiger partial charge on any atom is -0.478 e. The number of rotatable bonds is 4. The molecule has 0 spiro atoms. The number of anilines is 1. The van der Waals surface area contributed by atoms with Crippen molar-refractivity contribution in [2.75, 3.05) is 5.32 Å². The van der Waals surface area contributed by atoms with E-state index >= 15 is 0 Å². The molecule has 0 fully saturated rings. The van der Waals surface area contributed by atoms with Gasteiger partial charge >= 0.3 is 5.97 Å². The van der Waals surface area contributed by atoms with Gasteiger partial charge in [0, 0.05) is 16.7 Å². The molecule has 0 aromatic heterocycles. The van der Waals surface area contributed by atoms with Gasteiger partial charge in [-0.3, -0.25) is 0 Å². The first-order chi connectivity index (χ1) is 9.86. The van der Waals surface area contributed by atoms with Crippen LogP contribution in [0.15, 0.2) is 34.8 Å². The fourth-order valence-corrected chi connectivity index (χ4v) is 2.22. The highest BCUT2D eigenvalue weighted by Crippen LogP contribution is 2.21. The molecule has 7 heteroatoms. The summed E-state index contributed by atoms with van der Waals surface area (Å²) >= 11 is 3.17. The number of halogens is 4. The molecule has 0 aliphatic rings. The van der Waals surface area contributed by atoms with Gasteiger partial charge in [-0.1, -0.05) is 15.9 Å². The summed E-state index contributed by atoms with van der Waals surface area (Å²) in [6.45, 7) is 0.0175. The van der Waals surface area contributed by atoms with Gasteiger partial charge in [-0.15, -0.1) is 0 Å². The summed E-state index contributed by atoms with van der Waals surface area (Å²) in [5.74, 6) is -5.16. The molecule has 21 heavy (non-hydrogen) atoms. The van der Waals surface area contributed by atoms with Gasteiger partial charge in [0.25, 0.3) is 0 Å². The second kappa shape index (κ2) is 6.17. The third-order valence-electron chi connectivity index (χ3n) is 2.68. The number of carbonyl (C=O) groups is 1. The fourth-order valence-electron chi connectivity index (χ4n) is 1.73. The largest absolute Gasteiger partial charge is 0.478 e. The minimum atomic E-state index is -1.52. The maximum Gasteiger partial charge on any atom is 0.335 e. The van der Waals surface area contributed by atoms with Gasteiger partial charge in [0.15, 0.2) is 17.5 Å². The summed E-state index contributed by atoms with van der Waals surface area (Å²) in [7, 11) is 0. The van der Waals surface area contributed by atoms with Crippen LogP contribution in [0.3, 0.4) is 0 Å². The van der Waals surface area contributed by atoms with Crippen molar-refractivity contribution in [1.29, 1.82) is 0 Å². The SMILES string of the molecule is O=C(O)c1cc(Br)cc(NCc2cc(F)c(F)c(F)c2)c1. The first-order valence-corrected chi connectivity index (χ1v) is 6.57. The van der Waals surface area contributed by atoms with Gasteiger partial charge in [-0.2, -0.15) is 0 Å². The van der Waals surface area contributed by atoms with Crippen LogP contribution in [0.25, 0.3) is 0 Å². The van der Waals surface area contributed by atoms with Gasteiger partial charge in [0.2, 0.25) is 0 Å². The molecular weight excluding hydrogens is 351 g/mol. The molecule has 0 bridgehead atoms. The van der Waals surface area contributed by atoms with E-state index in [0.717, 1.165) is 12.1 Å². The molecule has 0 saturated heterocycles. The van der Waals surface area contributed by atoms with Crippen LogP contribution in [0.5, 0.6) is 0 Å². The van der Waals surface area contributed by atoms with E-state index in [0.29, 0.717) is 10.2 Å². The van der Waals surface area contributed by atoms with E-state index < -0.39 is 23.4 Å². The Morgan fingerprint density at radius 3 is 2.29 bits per heavy atom. The highest BCUT2D eigenvalue weighted by Gasteiger charge is 2.11. The van der Waals surface area contributed by atoms with E-state index in [1.807, 2.05) is 0 Å². The molecule has 0 amide bonds. The van der Waals surface area contributed by atoms with Crippen LogP contribution < -0.4 is 5.32 Å². The number of benzene rings is 2. The maximum absolute atomic E-state index is 13.1. The van der Waals surface area contributed by atoms with Crippen LogP contribution >= 0.6 is 15.9 Å². The molecule has 110 valence electrons. The summed E-state index contributed by atoms with van der Waals surface area (Å²) in [5.41, 5.74) is 0.707. The molecule has 0 heterocycles. The van der Waals surface area contributed by atoms with Crippen LogP contribution in [0, 0.1) is 17.5 Å². The molecule has 0 atom stereocenters. The van der Waals surface area contributed by atoms with E-state index in [2.05, 4.69) is 21.2 Å². The Hall–Kier alpha value is -2.02. The van der Waals surface area contributed by atoms with Crippen LogP contribution in [-0.2, 0) is 6.54 Å². The molecule has 0 aliphatic heterocycles. The molecule has 0 aliphatic carbocycles. The van der Waals surface area contributed by atoms with Crippen molar-refractivity contribution in [3.63, 3.8) is 0 Å². The number of carboxylic acids is 1. The number of aromatic carboxylic acids is 1. The van der Waals surface area contributed by atoms with Gasteiger partial charge in [-0.25, -0.2) is 18.0 Å². The van der Waals surface area contributed by atoms with E-state index in [-0.39, 0.29) is 17.7 Å². The van der Waals surface area contributed by atoms with Crippen molar-refractivity contribution >= 4 is 27.6 Å². The van der Waals surface area contributed by atoms with Crippen LogP contribution in [0.4, 0.5) is 18.9 Å². The Balaban J connectivity index is 2.18. The molecule has 2 rings (SSSR count). The molecule has 3 nitrogen and oxygen atoms in total. The van der Waals surface area contributed by atoms with Crippen molar-refractivity contribution in [1.82, 2.24) is 0 Å². The Morgan fingerprint density at radius 2 is 1.71 bits per heavy atom. The molecule has 0 saturated carbocycles. The summed E-state index contributed by atoms with van der Waals surface area (Å²) in [6, 6.07) is 6.17. The fraction of sp³-hybridized carbons (Fsp3) is 0.0714. The lowest BCUT2D eigenvalue weighted by molar-refractivity contribution is 0.0697. The lowest BCUT2D eigenvalue weighted by atomic mass is 10.1. The summed E-state index contributed by atoms with van der Waals surface area (Å²) in [4.78, 5) is 10.9. The third-order valence-corrected chi connectivity index (χ3v) is 3.14. The standard InChI is InChI=1S/C14H9BrF3NO2/c15-9-3-8(14(20)21)4-10(5-9)19-6-7-1-11(16)13(18)12(17)2-7/h1-5,19H,6H2,(H,20,21). The topological polar surface area (TPSA) is 49.3 Å². The molecule has 2 N–H and O–H groups in total. The third kappa shape index (κ3) is 3.75. The number of hydrogen-bond donors (Lipinski definition) is 2. The first-order valence-electron chi connectivity index (χ1n) is 5.78. The molecule has 2 aromatic carbocycles. The van der Waals surface area contributed by atoms with E-state index in [1.165, 1.54) is 12.1 Å². The smallest absolute Gasteiger partial charge is 0.335 e. The lowest BCUT2D eigenvalue weighted by Crippen LogP contribution is -2.04. The Labute approximate surface area is 126 Å². The second-order valence-corrected chi connectivity index (χ2v) is 5.18. The van der Waals surface area contributed by atoms with Gasteiger partial charge in [0.1, 0.15) is 0 Å². The summed E-state index contributed by atoms with van der Waals surface area (Å²) < 4.78 is 39.5. The minimum absolute atomic E-state index is 0.0175. The van der Waals surface area contributed by atoms with Gasteiger partial charge < -0.3 is 10.4 Å². The molecule has 2 aromatic rings. The van der Waals surface area contributed by atoms with E-state index in [9.17, 15) is 18.0 Å². The van der Waals surface area contributed by atoms with E-state index in [4.69, 9.17) is 5.11 Å². The highest BCUT2D eigenvalue weighted by atomic mass is 79.9. The van der Waals surface area contributed by atoms with Crippen molar-refractivity contribution in [3.05, 3.63) is 63.4 Å². The summed E-state index contributed by atoms with van der Waals surface area (Å²) in [6.07, 6.45) is 0. The molecular formula is C14H9BrF3NO2. The van der Waals surface area contributed by atoms with Crippen LogP contribution in [0.2, 0.25) is 0 Å². The predicted molar refractivity (Wildman–Crippen MR) is 74.7 cm³/mol. The predicted octanol–water partition coefficient (Wildman–Crippen LogP) is 4.18. The zero-order valence-corrected chi connectivity index (χ0v) is 12.0. The Kier molecular flexibility index (Phi) is 4.52. The zero-order valence-electron chi connectivity index (χ0n) is 10.5. The number of nitrogens with one attached hydrogen (secondary N) is 1. The number of hydrogen-bond acceptors (Lipinski definition) is 2.